The number of benzene rings is 1. The van der Waals surface area contributed by atoms with Crippen LogP contribution in [0.1, 0.15) is 28.4 Å². The van der Waals surface area contributed by atoms with Crippen molar-refractivity contribution in [2.75, 3.05) is 13.7 Å². The number of rotatable bonds is 2. The first-order valence-electron chi connectivity index (χ1n) is 4.73. The number of esters is 1. The molecule has 1 N–H and O–H groups in total. The average Bonchev–Trinajstić information content (AvgIpc) is 2.14. The van der Waals surface area contributed by atoms with Crippen LogP contribution in [0, 0.1) is 0 Å². The summed E-state index contributed by atoms with van der Waals surface area (Å²) < 4.78 is 4.66. The van der Waals surface area contributed by atoms with Crippen LogP contribution in [0.25, 0.3) is 0 Å². The van der Waals surface area contributed by atoms with E-state index in [2.05, 4.69) is 10.1 Å². The molecule has 0 aromatic heterocycles. The Kier molecular flexibility index (Phi) is 2.50. The van der Waals surface area contributed by atoms with Crippen molar-refractivity contribution in [3.63, 3.8) is 0 Å². The Morgan fingerprint density at radius 1 is 1.57 bits per heavy atom. The third-order valence-electron chi connectivity index (χ3n) is 2.53. The number of ether oxygens (including phenoxy) is 1. The molecule has 1 fully saturated rings. The van der Waals surface area contributed by atoms with Crippen molar-refractivity contribution < 1.29 is 9.53 Å². The summed E-state index contributed by atoms with van der Waals surface area (Å²) >= 11 is 0. The summed E-state index contributed by atoms with van der Waals surface area (Å²) in [5, 5.41) is 3.29. The van der Waals surface area contributed by atoms with Gasteiger partial charge in [-0.05, 0) is 30.7 Å². The van der Waals surface area contributed by atoms with Crippen molar-refractivity contribution in [3.8, 4) is 0 Å². The Balaban J connectivity index is 2.21. The second-order valence-corrected chi connectivity index (χ2v) is 3.41. The van der Waals surface area contributed by atoms with Gasteiger partial charge in [-0.1, -0.05) is 12.1 Å². The topological polar surface area (TPSA) is 38.3 Å². The third-order valence-corrected chi connectivity index (χ3v) is 2.53. The van der Waals surface area contributed by atoms with Crippen molar-refractivity contribution in [1.29, 1.82) is 0 Å². The molecule has 14 heavy (non-hydrogen) atoms. The molecule has 1 atom stereocenters. The molecule has 0 aliphatic carbocycles. The summed E-state index contributed by atoms with van der Waals surface area (Å²) in [5.74, 6) is -0.272. The summed E-state index contributed by atoms with van der Waals surface area (Å²) in [7, 11) is 1.40. The van der Waals surface area contributed by atoms with E-state index in [9.17, 15) is 4.79 Å². The van der Waals surface area contributed by atoms with Crippen molar-refractivity contribution >= 4 is 5.97 Å². The monoisotopic (exact) mass is 191 g/mol. The predicted octanol–water partition coefficient (Wildman–Crippen LogP) is 1.51. The lowest BCUT2D eigenvalue weighted by atomic mass is 9.96. The zero-order valence-electron chi connectivity index (χ0n) is 8.12. The normalized spacial score (nSPS) is 19.9. The fourth-order valence-electron chi connectivity index (χ4n) is 1.57. The number of nitrogens with one attached hydrogen (secondary N) is 1. The molecule has 1 saturated heterocycles. The molecule has 2 rings (SSSR count). The largest absolute Gasteiger partial charge is 0.465 e. The van der Waals surface area contributed by atoms with Crippen LogP contribution >= 0.6 is 0 Å². The molecule has 0 bridgehead atoms. The Bertz CT molecular complexity index is 345. The van der Waals surface area contributed by atoms with E-state index in [0.717, 1.165) is 13.0 Å². The predicted molar refractivity (Wildman–Crippen MR) is 53.1 cm³/mol. The Hall–Kier alpha value is -1.35. The van der Waals surface area contributed by atoms with Crippen LogP contribution in [0.4, 0.5) is 0 Å². The van der Waals surface area contributed by atoms with E-state index in [0.29, 0.717) is 11.6 Å². The van der Waals surface area contributed by atoms with Crippen LogP contribution in [-0.2, 0) is 4.74 Å². The van der Waals surface area contributed by atoms with Gasteiger partial charge in [-0.3, -0.25) is 0 Å². The van der Waals surface area contributed by atoms with Gasteiger partial charge in [0, 0.05) is 6.04 Å². The molecule has 74 valence electrons. The Morgan fingerprint density at radius 3 is 2.93 bits per heavy atom. The highest BCUT2D eigenvalue weighted by molar-refractivity contribution is 5.89. The van der Waals surface area contributed by atoms with Crippen LogP contribution in [0.3, 0.4) is 0 Å². The minimum Gasteiger partial charge on any atom is -0.465 e. The maximum Gasteiger partial charge on any atom is 0.337 e. The van der Waals surface area contributed by atoms with Gasteiger partial charge in [0.2, 0.25) is 0 Å². The van der Waals surface area contributed by atoms with Gasteiger partial charge in [-0.15, -0.1) is 0 Å². The van der Waals surface area contributed by atoms with Crippen LogP contribution in [0.15, 0.2) is 24.3 Å². The second-order valence-electron chi connectivity index (χ2n) is 3.41. The molecule has 1 heterocycles. The van der Waals surface area contributed by atoms with Crippen molar-refractivity contribution in [3.05, 3.63) is 35.4 Å². The molecule has 0 radical (unpaired) electrons. The molecule has 1 aromatic carbocycles. The van der Waals surface area contributed by atoms with E-state index in [1.807, 2.05) is 18.2 Å². The van der Waals surface area contributed by atoms with Crippen molar-refractivity contribution in [2.24, 2.45) is 0 Å². The summed E-state index contributed by atoms with van der Waals surface area (Å²) in [6.45, 7) is 1.06. The minimum absolute atomic E-state index is 0.272. The van der Waals surface area contributed by atoms with Gasteiger partial charge in [0.15, 0.2) is 0 Å². The van der Waals surface area contributed by atoms with Gasteiger partial charge < -0.3 is 10.1 Å². The highest BCUT2D eigenvalue weighted by Crippen LogP contribution is 2.23. The number of methoxy groups -OCH3 is 1. The van der Waals surface area contributed by atoms with Gasteiger partial charge in [-0.25, -0.2) is 4.79 Å². The van der Waals surface area contributed by atoms with E-state index >= 15 is 0 Å². The van der Waals surface area contributed by atoms with Crippen LogP contribution in [0.5, 0.6) is 0 Å². The standard InChI is InChI=1S/C11H13NO2/c1-14-11(13)9-4-2-3-8(7-9)10-5-6-12-10/h2-4,7,10,12H,5-6H2,1H3/t10-/m1/s1. The molecule has 1 aliphatic heterocycles. The maximum absolute atomic E-state index is 11.3. The highest BCUT2D eigenvalue weighted by Gasteiger charge is 2.19. The lowest BCUT2D eigenvalue weighted by Crippen LogP contribution is -2.34. The van der Waals surface area contributed by atoms with E-state index in [4.69, 9.17) is 0 Å². The number of carbonyl (C=O) groups is 1. The molecular weight excluding hydrogens is 178 g/mol. The molecule has 0 amide bonds. The van der Waals surface area contributed by atoms with E-state index < -0.39 is 0 Å². The van der Waals surface area contributed by atoms with Crippen LogP contribution in [-0.4, -0.2) is 19.6 Å². The Labute approximate surface area is 83.1 Å². The SMILES string of the molecule is COC(=O)c1cccc([C@H]2CCN2)c1. The molecular formula is C11H13NO2. The fourth-order valence-corrected chi connectivity index (χ4v) is 1.57. The molecule has 3 nitrogen and oxygen atoms in total. The lowest BCUT2D eigenvalue weighted by molar-refractivity contribution is 0.0600. The lowest BCUT2D eigenvalue weighted by Gasteiger charge is -2.28. The maximum atomic E-state index is 11.3. The zero-order chi connectivity index (χ0) is 9.97. The average molecular weight is 191 g/mol. The number of carbonyl (C=O) groups excluding carboxylic acids is 1. The number of hydrogen-bond donors (Lipinski definition) is 1. The molecule has 0 spiro atoms. The minimum atomic E-state index is -0.272. The Morgan fingerprint density at radius 2 is 2.36 bits per heavy atom. The molecule has 0 unspecified atom stereocenters. The number of hydrogen-bond acceptors (Lipinski definition) is 3. The van der Waals surface area contributed by atoms with Crippen LogP contribution < -0.4 is 5.32 Å². The fraction of sp³-hybridized carbons (Fsp3) is 0.364. The summed E-state index contributed by atoms with van der Waals surface area (Å²) in [5.41, 5.74) is 1.79. The van der Waals surface area contributed by atoms with E-state index in [1.165, 1.54) is 12.7 Å². The van der Waals surface area contributed by atoms with Gasteiger partial charge >= 0.3 is 5.97 Å². The zero-order valence-corrected chi connectivity index (χ0v) is 8.12. The molecule has 1 aromatic rings. The third kappa shape index (κ3) is 1.63. The van der Waals surface area contributed by atoms with Crippen molar-refractivity contribution in [1.82, 2.24) is 5.32 Å². The van der Waals surface area contributed by atoms with Gasteiger partial charge in [0.05, 0.1) is 12.7 Å². The summed E-state index contributed by atoms with van der Waals surface area (Å²) in [6.07, 6.45) is 1.14. The molecule has 3 heteroatoms. The van der Waals surface area contributed by atoms with Gasteiger partial charge in [-0.2, -0.15) is 0 Å². The second kappa shape index (κ2) is 3.80. The first-order chi connectivity index (χ1) is 6.81. The van der Waals surface area contributed by atoms with E-state index in [-0.39, 0.29) is 5.97 Å². The quantitative estimate of drug-likeness (QED) is 0.720. The first kappa shape index (κ1) is 9.21. The van der Waals surface area contributed by atoms with Crippen molar-refractivity contribution in [2.45, 2.75) is 12.5 Å². The van der Waals surface area contributed by atoms with Gasteiger partial charge in [0.25, 0.3) is 0 Å². The van der Waals surface area contributed by atoms with E-state index in [1.54, 1.807) is 6.07 Å². The first-order valence-corrected chi connectivity index (χ1v) is 4.73. The highest BCUT2D eigenvalue weighted by atomic mass is 16.5. The summed E-state index contributed by atoms with van der Waals surface area (Å²) in [4.78, 5) is 11.3. The van der Waals surface area contributed by atoms with Gasteiger partial charge in [0.1, 0.15) is 0 Å². The molecule has 0 saturated carbocycles. The van der Waals surface area contributed by atoms with Crippen LogP contribution in [0.2, 0.25) is 0 Å². The smallest absolute Gasteiger partial charge is 0.337 e. The summed E-state index contributed by atoms with van der Waals surface area (Å²) in [6, 6.07) is 8.00. The molecule has 1 aliphatic rings.